The van der Waals surface area contributed by atoms with Gasteiger partial charge in [-0.15, -0.1) is 10.2 Å². The number of hydrogen-bond donors (Lipinski definition) is 2. The van der Waals surface area contributed by atoms with Gasteiger partial charge in [0.05, 0.1) is 23.8 Å². The number of benzene rings is 1. The first kappa shape index (κ1) is 31.0. The van der Waals surface area contributed by atoms with Crippen LogP contribution in [-0.2, 0) is 11.3 Å². The van der Waals surface area contributed by atoms with Crippen LogP contribution in [0.5, 0.6) is 11.6 Å². The standard InChI is InChI=1S/C28H32ClF3N10O3/c1-16(13-41-15-35-39-40-41)44-24-8-17(2-3-22(24)29)18-11-33-28(34-12-18)37-23-14-42(38-27(23)45-26(32)25(30)31)21-9-20(10-21)36-19-4-6-43-7-5-19/h2-3,8,11-12,14-16,19-21,25-26,36H,4-7,9-10,13H2,1H3,(H,33,34,37). The lowest BCUT2D eigenvalue weighted by atomic mass is 9.86. The second-order valence-electron chi connectivity index (χ2n) is 11.0. The Morgan fingerprint density at radius 2 is 1.84 bits per heavy atom. The highest BCUT2D eigenvalue weighted by Gasteiger charge is 2.34. The Balaban J connectivity index is 1.12. The largest absolute Gasteiger partial charge is 0.487 e. The third-order valence-corrected chi connectivity index (χ3v) is 7.94. The fourth-order valence-electron chi connectivity index (χ4n) is 5.25. The zero-order valence-corrected chi connectivity index (χ0v) is 25.0. The summed E-state index contributed by atoms with van der Waals surface area (Å²) in [6.07, 6.45) is 3.33. The van der Waals surface area contributed by atoms with Crippen LogP contribution in [0.4, 0.5) is 24.8 Å². The van der Waals surface area contributed by atoms with Crippen molar-refractivity contribution in [1.82, 2.24) is 45.3 Å². The van der Waals surface area contributed by atoms with Gasteiger partial charge >= 0.3 is 6.43 Å². The van der Waals surface area contributed by atoms with E-state index in [9.17, 15) is 13.2 Å². The van der Waals surface area contributed by atoms with E-state index in [2.05, 4.69) is 41.2 Å². The maximum Gasteiger partial charge on any atom is 0.304 e. The van der Waals surface area contributed by atoms with Crippen LogP contribution in [0.3, 0.4) is 0 Å². The highest BCUT2D eigenvalue weighted by Crippen LogP contribution is 2.37. The van der Waals surface area contributed by atoms with E-state index in [4.69, 9.17) is 25.8 Å². The molecule has 0 spiro atoms. The van der Waals surface area contributed by atoms with E-state index in [0.29, 0.717) is 35.0 Å². The molecule has 45 heavy (non-hydrogen) atoms. The summed E-state index contributed by atoms with van der Waals surface area (Å²) in [5, 5.41) is 22.3. The van der Waals surface area contributed by atoms with Crippen molar-refractivity contribution in [2.24, 2.45) is 0 Å². The van der Waals surface area contributed by atoms with Crippen LogP contribution in [0.15, 0.2) is 43.1 Å². The van der Waals surface area contributed by atoms with Crippen LogP contribution in [0.2, 0.25) is 5.02 Å². The Morgan fingerprint density at radius 1 is 1.07 bits per heavy atom. The zero-order valence-electron chi connectivity index (χ0n) is 24.3. The molecule has 2 N–H and O–H groups in total. The number of anilines is 2. The fourth-order valence-corrected chi connectivity index (χ4v) is 5.41. The summed E-state index contributed by atoms with van der Waals surface area (Å²) in [6.45, 7) is 3.79. The summed E-state index contributed by atoms with van der Waals surface area (Å²) >= 11 is 6.37. The summed E-state index contributed by atoms with van der Waals surface area (Å²) in [5.41, 5.74) is 1.59. The van der Waals surface area contributed by atoms with Gasteiger partial charge in [0.25, 0.3) is 12.2 Å². The van der Waals surface area contributed by atoms with E-state index in [1.165, 1.54) is 6.33 Å². The molecule has 1 aromatic carbocycles. The predicted molar refractivity (Wildman–Crippen MR) is 156 cm³/mol. The molecule has 4 aromatic rings. The van der Waals surface area contributed by atoms with Crippen molar-refractivity contribution >= 4 is 23.2 Å². The van der Waals surface area contributed by atoms with Crippen molar-refractivity contribution in [3.8, 4) is 22.8 Å². The third-order valence-electron chi connectivity index (χ3n) is 7.63. The van der Waals surface area contributed by atoms with Crippen LogP contribution in [0, 0.1) is 0 Å². The first-order chi connectivity index (χ1) is 21.8. The molecule has 4 heterocycles. The lowest BCUT2D eigenvalue weighted by molar-refractivity contribution is -0.0691. The molecule has 6 rings (SSSR count). The van der Waals surface area contributed by atoms with Crippen LogP contribution < -0.4 is 20.1 Å². The molecule has 2 aliphatic rings. The molecule has 3 aromatic heterocycles. The minimum Gasteiger partial charge on any atom is -0.487 e. The molecular weight excluding hydrogens is 617 g/mol. The third kappa shape index (κ3) is 7.80. The molecule has 2 fully saturated rings. The molecule has 240 valence electrons. The van der Waals surface area contributed by atoms with E-state index in [1.54, 1.807) is 46.2 Å². The Kier molecular flexibility index (Phi) is 9.61. The molecular formula is C28H32ClF3N10O3. The van der Waals surface area contributed by atoms with Gasteiger partial charge in [0.15, 0.2) is 0 Å². The van der Waals surface area contributed by atoms with Crippen molar-refractivity contribution in [2.75, 3.05) is 18.5 Å². The van der Waals surface area contributed by atoms with Crippen LogP contribution in [0.25, 0.3) is 11.1 Å². The number of nitrogens with one attached hydrogen (secondary N) is 2. The lowest BCUT2D eigenvalue weighted by Gasteiger charge is -2.39. The van der Waals surface area contributed by atoms with Crippen molar-refractivity contribution in [3.63, 3.8) is 0 Å². The second-order valence-corrected chi connectivity index (χ2v) is 11.4. The van der Waals surface area contributed by atoms with E-state index in [0.717, 1.165) is 44.5 Å². The van der Waals surface area contributed by atoms with E-state index < -0.39 is 12.8 Å². The summed E-state index contributed by atoms with van der Waals surface area (Å²) in [6, 6.07) is 6.01. The summed E-state index contributed by atoms with van der Waals surface area (Å²) in [7, 11) is 0. The summed E-state index contributed by atoms with van der Waals surface area (Å²) in [5.74, 6) is 0.308. The van der Waals surface area contributed by atoms with Gasteiger partial charge in [0, 0.05) is 43.3 Å². The smallest absolute Gasteiger partial charge is 0.304 e. The topological polar surface area (TPSA) is 139 Å². The maximum atomic E-state index is 13.9. The Bertz CT molecular complexity index is 1530. The molecule has 1 saturated heterocycles. The van der Waals surface area contributed by atoms with Gasteiger partial charge in [-0.1, -0.05) is 17.7 Å². The highest BCUT2D eigenvalue weighted by atomic mass is 35.5. The van der Waals surface area contributed by atoms with Crippen LogP contribution in [-0.4, -0.2) is 84.1 Å². The van der Waals surface area contributed by atoms with Crippen molar-refractivity contribution in [1.29, 1.82) is 0 Å². The molecule has 0 radical (unpaired) electrons. The zero-order chi connectivity index (χ0) is 31.3. The molecule has 1 aliphatic carbocycles. The predicted octanol–water partition coefficient (Wildman–Crippen LogP) is 4.60. The maximum absolute atomic E-state index is 13.9. The molecule has 0 bridgehead atoms. The van der Waals surface area contributed by atoms with Crippen LogP contribution >= 0.6 is 11.6 Å². The average Bonchev–Trinajstić information content (AvgIpc) is 3.66. The number of tetrazole rings is 1. The first-order valence-corrected chi connectivity index (χ1v) is 15.0. The van der Waals surface area contributed by atoms with Crippen molar-refractivity contribution in [3.05, 3.63) is 48.1 Å². The molecule has 17 heteroatoms. The van der Waals surface area contributed by atoms with Gasteiger partial charge in [-0.2, -0.15) is 4.39 Å². The fraction of sp³-hybridized carbons (Fsp3) is 0.500. The van der Waals surface area contributed by atoms with E-state index >= 15 is 0 Å². The molecule has 13 nitrogen and oxygen atoms in total. The number of ether oxygens (including phenoxy) is 3. The van der Waals surface area contributed by atoms with Gasteiger partial charge in [-0.25, -0.2) is 23.4 Å². The number of alkyl halides is 3. The average molecular weight is 649 g/mol. The van der Waals surface area contributed by atoms with E-state index in [1.807, 2.05) is 6.92 Å². The Hall–Kier alpha value is -4.02. The molecule has 2 unspecified atom stereocenters. The van der Waals surface area contributed by atoms with E-state index in [-0.39, 0.29) is 29.7 Å². The first-order valence-electron chi connectivity index (χ1n) is 14.6. The van der Waals surface area contributed by atoms with Gasteiger partial charge in [0.1, 0.15) is 23.9 Å². The minimum atomic E-state index is -3.33. The van der Waals surface area contributed by atoms with Crippen molar-refractivity contribution in [2.45, 2.75) is 76.2 Å². The van der Waals surface area contributed by atoms with Crippen molar-refractivity contribution < 1.29 is 27.4 Å². The second kappa shape index (κ2) is 14.0. The quantitative estimate of drug-likeness (QED) is 0.210. The van der Waals surface area contributed by atoms with Gasteiger partial charge in [0.2, 0.25) is 5.95 Å². The summed E-state index contributed by atoms with van der Waals surface area (Å²) < 4.78 is 59.3. The lowest BCUT2D eigenvalue weighted by Crippen LogP contribution is -2.48. The van der Waals surface area contributed by atoms with Gasteiger partial charge < -0.3 is 24.8 Å². The van der Waals surface area contributed by atoms with Crippen LogP contribution in [0.1, 0.15) is 38.6 Å². The minimum absolute atomic E-state index is 0.00469. The number of halogens is 4. The molecule has 2 atom stereocenters. The molecule has 1 aliphatic heterocycles. The highest BCUT2D eigenvalue weighted by molar-refractivity contribution is 6.32. The Labute approximate surface area is 261 Å². The van der Waals surface area contributed by atoms with Gasteiger partial charge in [-0.05, 0) is 60.7 Å². The number of hydrogen-bond acceptors (Lipinski definition) is 11. The number of nitrogens with zero attached hydrogens (tertiary/aromatic N) is 8. The summed E-state index contributed by atoms with van der Waals surface area (Å²) in [4.78, 5) is 8.72. The Morgan fingerprint density at radius 3 is 2.56 bits per heavy atom. The SMILES string of the molecule is CC(Cn1cnnn1)Oc1cc(-c2cnc(Nc3cn(C4CC(NC5CCOCC5)C4)nc3OC(F)C(F)F)nc2)ccc1Cl. The number of rotatable bonds is 13. The molecule has 1 saturated carbocycles. The molecule has 0 amide bonds. The monoisotopic (exact) mass is 648 g/mol. The van der Waals surface area contributed by atoms with Gasteiger partial charge in [-0.3, -0.25) is 4.68 Å². The normalized spacial score (nSPS) is 20.0. The number of aromatic nitrogens is 8.